The molecular formula is C15H24. The summed E-state index contributed by atoms with van der Waals surface area (Å²) in [6.45, 7) is 15.9. The zero-order valence-electron chi connectivity index (χ0n) is 11.3. The molecule has 0 saturated carbocycles. The Balaban J connectivity index is 3.60. The summed E-state index contributed by atoms with van der Waals surface area (Å²) < 4.78 is 0. The number of benzene rings is 1. The van der Waals surface area contributed by atoms with Crippen LogP contribution in [0.3, 0.4) is 0 Å². The lowest BCUT2D eigenvalue weighted by Gasteiger charge is -2.22. The van der Waals surface area contributed by atoms with Crippen molar-refractivity contribution in [3.05, 3.63) is 33.4 Å². The van der Waals surface area contributed by atoms with Crippen molar-refractivity contribution in [2.75, 3.05) is 0 Å². The van der Waals surface area contributed by atoms with E-state index in [-0.39, 0.29) is 0 Å². The van der Waals surface area contributed by atoms with Crippen molar-refractivity contribution >= 4 is 0 Å². The molecule has 0 heteroatoms. The van der Waals surface area contributed by atoms with Crippen molar-refractivity contribution in [3.63, 3.8) is 0 Å². The third-order valence-electron chi connectivity index (χ3n) is 3.77. The summed E-state index contributed by atoms with van der Waals surface area (Å²) in [6.07, 6.45) is 1.15. The standard InChI is InChI=1S/C15H24/c1-8-14-11(5)10(4)12(6)15(9(2)3)13(14)7/h9H,8H2,1-7H3. The van der Waals surface area contributed by atoms with Gasteiger partial charge in [-0.2, -0.15) is 0 Å². The fourth-order valence-corrected chi connectivity index (χ4v) is 2.83. The van der Waals surface area contributed by atoms with Gasteiger partial charge in [0.1, 0.15) is 0 Å². The Morgan fingerprint density at radius 3 is 1.73 bits per heavy atom. The third kappa shape index (κ3) is 1.95. The van der Waals surface area contributed by atoms with Crippen molar-refractivity contribution in [2.45, 2.75) is 60.8 Å². The number of rotatable bonds is 2. The van der Waals surface area contributed by atoms with E-state index in [0.717, 1.165) is 6.42 Å². The van der Waals surface area contributed by atoms with Gasteiger partial charge in [0.05, 0.1) is 0 Å². The molecule has 0 N–H and O–H groups in total. The molecule has 0 amide bonds. The minimum atomic E-state index is 0.634. The first kappa shape index (κ1) is 12.3. The molecule has 0 heterocycles. The predicted molar refractivity (Wildman–Crippen MR) is 68.9 cm³/mol. The summed E-state index contributed by atoms with van der Waals surface area (Å²) in [6, 6.07) is 0. The van der Waals surface area contributed by atoms with Crippen LogP contribution in [0.2, 0.25) is 0 Å². The molecule has 0 spiro atoms. The van der Waals surface area contributed by atoms with Gasteiger partial charge >= 0.3 is 0 Å². The van der Waals surface area contributed by atoms with Crippen LogP contribution in [-0.4, -0.2) is 0 Å². The highest BCUT2D eigenvalue weighted by molar-refractivity contribution is 5.51. The van der Waals surface area contributed by atoms with E-state index in [1.54, 1.807) is 11.1 Å². The fourth-order valence-electron chi connectivity index (χ4n) is 2.83. The Kier molecular flexibility index (Phi) is 3.59. The number of hydrogen-bond donors (Lipinski definition) is 0. The van der Waals surface area contributed by atoms with Gasteiger partial charge in [0.15, 0.2) is 0 Å². The molecule has 84 valence electrons. The minimum absolute atomic E-state index is 0.634. The molecule has 0 nitrogen and oxygen atoms in total. The van der Waals surface area contributed by atoms with E-state index in [2.05, 4.69) is 48.5 Å². The summed E-state index contributed by atoms with van der Waals surface area (Å²) in [4.78, 5) is 0. The van der Waals surface area contributed by atoms with E-state index >= 15 is 0 Å². The summed E-state index contributed by atoms with van der Waals surface area (Å²) in [5.41, 5.74) is 9.13. The van der Waals surface area contributed by atoms with Crippen LogP contribution in [0, 0.1) is 27.7 Å². The summed E-state index contributed by atoms with van der Waals surface area (Å²) in [7, 11) is 0. The highest BCUT2D eigenvalue weighted by Crippen LogP contribution is 2.31. The zero-order chi connectivity index (χ0) is 11.7. The molecule has 0 fully saturated rings. The van der Waals surface area contributed by atoms with Gasteiger partial charge in [-0.25, -0.2) is 0 Å². The van der Waals surface area contributed by atoms with Crippen LogP contribution in [0.1, 0.15) is 60.1 Å². The van der Waals surface area contributed by atoms with Crippen LogP contribution in [-0.2, 0) is 6.42 Å². The van der Waals surface area contributed by atoms with Gasteiger partial charge in [0.25, 0.3) is 0 Å². The molecule has 15 heavy (non-hydrogen) atoms. The van der Waals surface area contributed by atoms with Gasteiger partial charge < -0.3 is 0 Å². The van der Waals surface area contributed by atoms with Gasteiger partial charge in [-0.1, -0.05) is 20.8 Å². The first-order valence-corrected chi connectivity index (χ1v) is 6.00. The van der Waals surface area contributed by atoms with Crippen LogP contribution in [0.5, 0.6) is 0 Å². The van der Waals surface area contributed by atoms with E-state index in [4.69, 9.17) is 0 Å². The quantitative estimate of drug-likeness (QED) is 0.660. The summed E-state index contributed by atoms with van der Waals surface area (Å²) >= 11 is 0. The van der Waals surface area contributed by atoms with Gasteiger partial charge in [-0.15, -0.1) is 0 Å². The molecule has 0 atom stereocenters. The Bertz CT molecular complexity index is 370. The molecule has 0 aliphatic heterocycles. The Hall–Kier alpha value is -0.780. The Labute approximate surface area is 94.7 Å². The first-order chi connectivity index (χ1) is 6.91. The lowest BCUT2D eigenvalue weighted by Crippen LogP contribution is -2.06. The van der Waals surface area contributed by atoms with Crippen molar-refractivity contribution < 1.29 is 0 Å². The second kappa shape index (κ2) is 4.38. The van der Waals surface area contributed by atoms with Crippen molar-refractivity contribution in [1.82, 2.24) is 0 Å². The smallest absolute Gasteiger partial charge is 0.0213 e. The van der Waals surface area contributed by atoms with Crippen LogP contribution >= 0.6 is 0 Å². The molecular weight excluding hydrogens is 180 g/mol. The van der Waals surface area contributed by atoms with Gasteiger partial charge in [0.2, 0.25) is 0 Å². The van der Waals surface area contributed by atoms with Crippen LogP contribution < -0.4 is 0 Å². The average molecular weight is 204 g/mol. The third-order valence-corrected chi connectivity index (χ3v) is 3.77. The largest absolute Gasteiger partial charge is 0.0613 e. The second-order valence-corrected chi connectivity index (χ2v) is 4.90. The Morgan fingerprint density at radius 1 is 0.800 bits per heavy atom. The molecule has 0 aliphatic rings. The summed E-state index contributed by atoms with van der Waals surface area (Å²) in [5.74, 6) is 0.634. The SMILES string of the molecule is CCc1c(C)c(C)c(C)c(C(C)C)c1C. The van der Waals surface area contributed by atoms with Crippen LogP contribution in [0.4, 0.5) is 0 Å². The molecule has 1 aromatic carbocycles. The fraction of sp³-hybridized carbons (Fsp3) is 0.600. The van der Waals surface area contributed by atoms with Gasteiger partial charge in [0, 0.05) is 0 Å². The van der Waals surface area contributed by atoms with Crippen molar-refractivity contribution in [2.24, 2.45) is 0 Å². The van der Waals surface area contributed by atoms with E-state index in [0.29, 0.717) is 5.92 Å². The molecule has 1 aromatic rings. The van der Waals surface area contributed by atoms with E-state index in [9.17, 15) is 0 Å². The highest BCUT2D eigenvalue weighted by Gasteiger charge is 2.15. The van der Waals surface area contributed by atoms with Gasteiger partial charge in [-0.05, 0) is 73.4 Å². The lowest BCUT2D eigenvalue weighted by molar-refractivity contribution is 0.832. The highest BCUT2D eigenvalue weighted by atomic mass is 14.2. The average Bonchev–Trinajstić information content (AvgIpc) is 2.15. The lowest BCUT2D eigenvalue weighted by atomic mass is 9.83. The Morgan fingerprint density at radius 2 is 1.33 bits per heavy atom. The monoisotopic (exact) mass is 204 g/mol. The van der Waals surface area contributed by atoms with Crippen molar-refractivity contribution in [3.8, 4) is 0 Å². The molecule has 0 aliphatic carbocycles. The minimum Gasteiger partial charge on any atom is -0.0613 e. The topological polar surface area (TPSA) is 0 Å². The maximum absolute atomic E-state index is 2.30. The maximum atomic E-state index is 2.30. The molecule has 0 radical (unpaired) electrons. The number of hydrogen-bond acceptors (Lipinski definition) is 0. The molecule has 0 bridgehead atoms. The molecule has 1 rings (SSSR count). The predicted octanol–water partition coefficient (Wildman–Crippen LogP) is 4.61. The summed E-state index contributed by atoms with van der Waals surface area (Å²) in [5, 5.41) is 0. The first-order valence-electron chi connectivity index (χ1n) is 6.00. The van der Waals surface area contributed by atoms with E-state index in [1.165, 1.54) is 22.3 Å². The normalized spacial score (nSPS) is 11.2. The second-order valence-electron chi connectivity index (χ2n) is 4.90. The van der Waals surface area contributed by atoms with Gasteiger partial charge in [-0.3, -0.25) is 0 Å². The molecule has 0 unspecified atom stereocenters. The molecule has 0 saturated heterocycles. The zero-order valence-corrected chi connectivity index (χ0v) is 11.3. The molecule has 0 aromatic heterocycles. The van der Waals surface area contributed by atoms with Crippen molar-refractivity contribution in [1.29, 1.82) is 0 Å². The van der Waals surface area contributed by atoms with Crippen LogP contribution in [0.25, 0.3) is 0 Å². The van der Waals surface area contributed by atoms with Crippen LogP contribution in [0.15, 0.2) is 0 Å². The van der Waals surface area contributed by atoms with E-state index in [1.807, 2.05) is 0 Å². The maximum Gasteiger partial charge on any atom is -0.0213 e. The van der Waals surface area contributed by atoms with E-state index < -0.39 is 0 Å².